The summed E-state index contributed by atoms with van der Waals surface area (Å²) in [5.41, 5.74) is 4.89. The van der Waals surface area contributed by atoms with Crippen molar-refractivity contribution in [1.82, 2.24) is 4.98 Å². The van der Waals surface area contributed by atoms with E-state index >= 15 is 0 Å². The van der Waals surface area contributed by atoms with Crippen LogP contribution in [0.15, 0.2) is 48.5 Å². The standard InChI is InChI=1S/C23H27NO/c1-4-5-7-11-16(2)19-14-10-15-20-22(19)21(17(3)24-20)23(25)18-12-8-6-9-13-18/h6,8-10,12-16,24H,4-5,7,11H2,1-3H3. The highest BCUT2D eigenvalue weighted by molar-refractivity contribution is 6.18. The SMILES string of the molecule is CCCCCC(C)c1cccc2[nH]c(C)c(C(=O)c3ccccc3)c12. The molecule has 0 aliphatic carbocycles. The molecule has 3 aromatic rings. The van der Waals surface area contributed by atoms with E-state index in [2.05, 4.69) is 37.0 Å². The Labute approximate surface area is 150 Å². The highest BCUT2D eigenvalue weighted by atomic mass is 16.1. The average molecular weight is 333 g/mol. The van der Waals surface area contributed by atoms with Gasteiger partial charge in [0.1, 0.15) is 0 Å². The van der Waals surface area contributed by atoms with Crippen LogP contribution < -0.4 is 0 Å². The van der Waals surface area contributed by atoms with E-state index < -0.39 is 0 Å². The summed E-state index contributed by atoms with van der Waals surface area (Å²) < 4.78 is 0. The number of ketones is 1. The quantitative estimate of drug-likeness (QED) is 0.394. The Hall–Kier alpha value is -2.35. The molecule has 0 spiro atoms. The number of fused-ring (bicyclic) bond motifs is 1. The van der Waals surface area contributed by atoms with Crippen molar-refractivity contribution in [2.45, 2.75) is 52.4 Å². The summed E-state index contributed by atoms with van der Waals surface area (Å²) in [4.78, 5) is 16.6. The molecule has 0 saturated heterocycles. The van der Waals surface area contributed by atoms with Crippen molar-refractivity contribution in [1.29, 1.82) is 0 Å². The Morgan fingerprint density at radius 3 is 2.52 bits per heavy atom. The topological polar surface area (TPSA) is 32.9 Å². The molecule has 25 heavy (non-hydrogen) atoms. The van der Waals surface area contributed by atoms with Gasteiger partial charge in [0.2, 0.25) is 0 Å². The Kier molecular flexibility index (Phi) is 5.37. The van der Waals surface area contributed by atoms with Gasteiger partial charge in [-0.3, -0.25) is 4.79 Å². The van der Waals surface area contributed by atoms with E-state index in [-0.39, 0.29) is 5.78 Å². The number of hydrogen-bond donors (Lipinski definition) is 1. The van der Waals surface area contributed by atoms with Gasteiger partial charge < -0.3 is 4.98 Å². The van der Waals surface area contributed by atoms with Crippen LogP contribution in [0.3, 0.4) is 0 Å². The Balaban J connectivity index is 2.07. The maximum atomic E-state index is 13.2. The summed E-state index contributed by atoms with van der Waals surface area (Å²) >= 11 is 0. The molecule has 0 aliphatic rings. The lowest BCUT2D eigenvalue weighted by atomic mass is 9.89. The zero-order chi connectivity index (χ0) is 17.8. The van der Waals surface area contributed by atoms with E-state index in [0.29, 0.717) is 5.92 Å². The van der Waals surface area contributed by atoms with E-state index in [0.717, 1.165) is 34.1 Å². The van der Waals surface area contributed by atoms with Crippen LogP contribution in [0, 0.1) is 6.92 Å². The number of benzene rings is 2. The molecule has 0 radical (unpaired) electrons. The van der Waals surface area contributed by atoms with Gasteiger partial charge in [-0.2, -0.15) is 0 Å². The molecule has 130 valence electrons. The third kappa shape index (κ3) is 3.53. The molecule has 2 heteroatoms. The Morgan fingerprint density at radius 1 is 1.04 bits per heavy atom. The van der Waals surface area contributed by atoms with Crippen LogP contribution in [0.2, 0.25) is 0 Å². The number of H-pyrrole nitrogens is 1. The van der Waals surface area contributed by atoms with E-state index in [1.807, 2.05) is 37.3 Å². The van der Waals surface area contributed by atoms with Gasteiger partial charge in [0.25, 0.3) is 0 Å². The molecule has 2 aromatic carbocycles. The summed E-state index contributed by atoms with van der Waals surface area (Å²) in [7, 11) is 0. The fraction of sp³-hybridized carbons (Fsp3) is 0.348. The highest BCUT2D eigenvalue weighted by Gasteiger charge is 2.21. The molecule has 0 saturated carbocycles. The van der Waals surface area contributed by atoms with Crippen LogP contribution in [0.1, 0.15) is 72.6 Å². The number of hydrogen-bond acceptors (Lipinski definition) is 1. The molecule has 1 atom stereocenters. The first-order valence-corrected chi connectivity index (χ1v) is 9.34. The summed E-state index contributed by atoms with van der Waals surface area (Å²) in [6.45, 7) is 6.52. The van der Waals surface area contributed by atoms with Crippen LogP contribution in [0.5, 0.6) is 0 Å². The van der Waals surface area contributed by atoms with Crippen molar-refractivity contribution in [3.8, 4) is 0 Å². The molecule has 2 nitrogen and oxygen atoms in total. The van der Waals surface area contributed by atoms with Crippen LogP contribution >= 0.6 is 0 Å². The third-order valence-electron chi connectivity index (χ3n) is 5.08. The summed E-state index contributed by atoms with van der Waals surface area (Å²) in [6, 6.07) is 15.9. The first-order chi connectivity index (χ1) is 12.1. The summed E-state index contributed by atoms with van der Waals surface area (Å²) in [5.74, 6) is 0.560. The summed E-state index contributed by atoms with van der Waals surface area (Å²) in [6.07, 6.45) is 4.90. The zero-order valence-electron chi connectivity index (χ0n) is 15.4. The molecule has 0 amide bonds. The second kappa shape index (κ2) is 7.69. The lowest BCUT2D eigenvalue weighted by Gasteiger charge is -2.14. The number of unbranched alkanes of at least 4 members (excludes halogenated alkanes) is 2. The first kappa shape index (κ1) is 17.5. The van der Waals surface area contributed by atoms with E-state index in [1.165, 1.54) is 24.8 Å². The number of nitrogens with one attached hydrogen (secondary N) is 1. The molecule has 1 aromatic heterocycles. The van der Waals surface area contributed by atoms with E-state index in [1.54, 1.807) is 0 Å². The van der Waals surface area contributed by atoms with Crippen LogP contribution in [0.25, 0.3) is 10.9 Å². The molecule has 3 rings (SSSR count). The number of carbonyl (C=O) groups is 1. The van der Waals surface area contributed by atoms with Crippen molar-refractivity contribution >= 4 is 16.7 Å². The molecule has 1 N–H and O–H groups in total. The maximum Gasteiger partial charge on any atom is 0.195 e. The normalized spacial score (nSPS) is 12.4. The van der Waals surface area contributed by atoms with Gasteiger partial charge in [0, 0.05) is 22.2 Å². The lowest BCUT2D eigenvalue weighted by Crippen LogP contribution is -2.04. The number of aromatic nitrogens is 1. The van der Waals surface area contributed by atoms with Gasteiger partial charge in [-0.25, -0.2) is 0 Å². The van der Waals surface area contributed by atoms with Gasteiger partial charge >= 0.3 is 0 Å². The fourth-order valence-corrected chi connectivity index (χ4v) is 3.69. The zero-order valence-corrected chi connectivity index (χ0v) is 15.4. The number of aromatic amines is 1. The van der Waals surface area contributed by atoms with Gasteiger partial charge in [-0.15, -0.1) is 0 Å². The second-order valence-electron chi connectivity index (χ2n) is 6.99. The molecule has 0 bridgehead atoms. The lowest BCUT2D eigenvalue weighted by molar-refractivity contribution is 0.103. The van der Waals surface area contributed by atoms with Crippen molar-refractivity contribution in [3.63, 3.8) is 0 Å². The van der Waals surface area contributed by atoms with E-state index in [4.69, 9.17) is 0 Å². The van der Waals surface area contributed by atoms with Gasteiger partial charge in [0.05, 0.1) is 5.56 Å². The van der Waals surface area contributed by atoms with Gasteiger partial charge in [-0.1, -0.05) is 75.6 Å². The minimum Gasteiger partial charge on any atom is -0.358 e. The van der Waals surface area contributed by atoms with E-state index in [9.17, 15) is 4.79 Å². The molecule has 1 unspecified atom stereocenters. The van der Waals surface area contributed by atoms with Crippen molar-refractivity contribution in [2.24, 2.45) is 0 Å². The second-order valence-corrected chi connectivity index (χ2v) is 6.99. The minimum atomic E-state index is 0.109. The van der Waals surface area contributed by atoms with Gasteiger partial charge in [0.15, 0.2) is 5.78 Å². The van der Waals surface area contributed by atoms with Crippen LogP contribution in [-0.4, -0.2) is 10.8 Å². The predicted octanol–water partition coefficient (Wildman–Crippen LogP) is 6.39. The van der Waals surface area contributed by atoms with Crippen molar-refractivity contribution < 1.29 is 4.79 Å². The largest absolute Gasteiger partial charge is 0.358 e. The van der Waals surface area contributed by atoms with Crippen LogP contribution in [-0.2, 0) is 0 Å². The Morgan fingerprint density at radius 2 is 1.80 bits per heavy atom. The van der Waals surface area contributed by atoms with Gasteiger partial charge in [-0.05, 0) is 30.9 Å². The highest BCUT2D eigenvalue weighted by Crippen LogP contribution is 2.34. The molecule has 0 fully saturated rings. The summed E-state index contributed by atoms with van der Waals surface area (Å²) in [5, 5.41) is 1.11. The average Bonchev–Trinajstić information content (AvgIpc) is 2.97. The number of rotatable bonds is 7. The Bertz CT molecular complexity index is 860. The van der Waals surface area contributed by atoms with Crippen LogP contribution in [0.4, 0.5) is 0 Å². The fourth-order valence-electron chi connectivity index (χ4n) is 3.69. The van der Waals surface area contributed by atoms with Crippen molar-refractivity contribution in [3.05, 3.63) is 70.9 Å². The minimum absolute atomic E-state index is 0.109. The number of carbonyl (C=O) groups excluding carboxylic acids is 1. The molecular weight excluding hydrogens is 306 g/mol. The maximum absolute atomic E-state index is 13.2. The number of aryl methyl sites for hydroxylation is 1. The molecular formula is C23H27NO. The smallest absolute Gasteiger partial charge is 0.195 e. The predicted molar refractivity (Wildman–Crippen MR) is 105 cm³/mol. The first-order valence-electron chi connectivity index (χ1n) is 9.34. The third-order valence-corrected chi connectivity index (χ3v) is 5.08. The molecule has 1 heterocycles. The van der Waals surface area contributed by atoms with Crippen molar-refractivity contribution in [2.75, 3.05) is 0 Å². The monoisotopic (exact) mass is 333 g/mol. The molecule has 0 aliphatic heterocycles.